The Morgan fingerprint density at radius 1 is 0.939 bits per heavy atom. The molecule has 174 valence electrons. The number of anilines is 1. The van der Waals surface area contributed by atoms with Crippen LogP contribution >= 0.6 is 0 Å². The number of nitrogens with zero attached hydrogens (tertiary/aromatic N) is 1. The van der Waals surface area contributed by atoms with Gasteiger partial charge in [0.25, 0.3) is 10.0 Å². The summed E-state index contributed by atoms with van der Waals surface area (Å²) in [6, 6.07) is 21.0. The Morgan fingerprint density at radius 3 is 2.12 bits per heavy atom. The average Bonchev–Trinajstić information content (AvgIpc) is 2.79. The topological polar surface area (TPSA) is 75.7 Å². The van der Waals surface area contributed by atoms with Crippen LogP contribution in [-0.4, -0.2) is 27.5 Å². The van der Waals surface area contributed by atoms with Gasteiger partial charge in [0, 0.05) is 0 Å². The van der Waals surface area contributed by atoms with Crippen LogP contribution in [0.2, 0.25) is 0 Å². The number of hydrogen-bond acceptors (Lipinski definition) is 4. The van der Waals surface area contributed by atoms with Gasteiger partial charge in [-0.05, 0) is 57.5 Å². The minimum absolute atomic E-state index is 0.110. The van der Waals surface area contributed by atoms with Crippen molar-refractivity contribution in [1.29, 1.82) is 0 Å². The van der Waals surface area contributed by atoms with E-state index in [4.69, 9.17) is 4.74 Å². The summed E-state index contributed by atoms with van der Waals surface area (Å²) >= 11 is 0. The summed E-state index contributed by atoms with van der Waals surface area (Å²) in [5, 5.41) is 2.91. The van der Waals surface area contributed by atoms with Gasteiger partial charge in [0.15, 0.2) is 0 Å². The maximum Gasteiger partial charge on any atom is 0.264 e. The van der Waals surface area contributed by atoms with E-state index in [1.165, 1.54) is 0 Å². The Bertz CT molecular complexity index is 1190. The van der Waals surface area contributed by atoms with Crippen molar-refractivity contribution < 1.29 is 17.9 Å². The highest BCUT2D eigenvalue weighted by atomic mass is 32.2. The molecule has 0 bridgehead atoms. The number of carbonyl (C=O) groups excluding carboxylic acids is 1. The van der Waals surface area contributed by atoms with Gasteiger partial charge in [-0.2, -0.15) is 0 Å². The van der Waals surface area contributed by atoms with Crippen LogP contribution in [0.5, 0.6) is 5.75 Å². The molecule has 7 heteroatoms. The molecule has 0 fully saturated rings. The largest absolute Gasteiger partial charge is 0.492 e. The molecule has 3 rings (SSSR count). The third-order valence-electron chi connectivity index (χ3n) is 5.28. The van der Waals surface area contributed by atoms with Crippen LogP contribution < -0.4 is 14.4 Å². The average molecular weight is 467 g/mol. The summed E-state index contributed by atoms with van der Waals surface area (Å²) in [5.41, 5.74) is 3.33. The molecule has 0 unspecified atom stereocenters. The lowest BCUT2D eigenvalue weighted by molar-refractivity contribution is -0.120. The summed E-state index contributed by atoms with van der Waals surface area (Å²) in [5.74, 6) is -0.0138. The zero-order valence-corrected chi connectivity index (χ0v) is 20.2. The standard InChI is InChI=1S/C26H30N2O4S/c1-5-32-25-9-7-6-8-24(25)28(33(30,31)23-16-12-20(3)13-17-23)18-26(29)27-21(4)22-14-10-19(2)11-15-22/h6-17,21H,5,18H2,1-4H3,(H,27,29)/t21-/m0/s1. The first-order valence-corrected chi connectivity index (χ1v) is 12.3. The van der Waals surface area contributed by atoms with E-state index in [9.17, 15) is 13.2 Å². The van der Waals surface area contributed by atoms with Crippen LogP contribution in [0, 0.1) is 13.8 Å². The normalized spacial score (nSPS) is 12.1. The Balaban J connectivity index is 1.94. The van der Waals surface area contributed by atoms with Crippen molar-refractivity contribution in [2.75, 3.05) is 17.5 Å². The summed E-state index contributed by atoms with van der Waals surface area (Å²) in [6.45, 7) is 7.57. The van der Waals surface area contributed by atoms with E-state index in [1.807, 2.05) is 52.0 Å². The second-order valence-corrected chi connectivity index (χ2v) is 9.79. The van der Waals surface area contributed by atoms with E-state index in [0.29, 0.717) is 18.0 Å². The molecular formula is C26H30N2O4S. The Labute approximate surface area is 196 Å². The predicted octanol–water partition coefficient (Wildman–Crippen LogP) is 4.77. The highest BCUT2D eigenvalue weighted by Crippen LogP contribution is 2.32. The summed E-state index contributed by atoms with van der Waals surface area (Å²) in [4.78, 5) is 13.1. The molecule has 33 heavy (non-hydrogen) atoms. The van der Waals surface area contributed by atoms with E-state index in [2.05, 4.69) is 5.32 Å². The van der Waals surface area contributed by atoms with Crippen molar-refractivity contribution in [3.63, 3.8) is 0 Å². The van der Waals surface area contributed by atoms with E-state index < -0.39 is 15.9 Å². The third kappa shape index (κ3) is 5.93. The molecule has 0 saturated carbocycles. The van der Waals surface area contributed by atoms with Gasteiger partial charge < -0.3 is 10.1 Å². The van der Waals surface area contributed by atoms with Gasteiger partial charge in [-0.1, -0.05) is 59.7 Å². The molecule has 1 atom stereocenters. The van der Waals surface area contributed by atoms with Crippen LogP contribution in [0.15, 0.2) is 77.7 Å². The second-order valence-electron chi connectivity index (χ2n) is 7.93. The number of hydrogen-bond donors (Lipinski definition) is 1. The molecule has 0 radical (unpaired) electrons. The van der Waals surface area contributed by atoms with Crippen molar-refractivity contribution >= 4 is 21.6 Å². The first kappa shape index (κ1) is 24.3. The van der Waals surface area contributed by atoms with E-state index in [1.54, 1.807) is 48.5 Å². The number of amides is 1. The lowest BCUT2D eigenvalue weighted by atomic mass is 10.1. The van der Waals surface area contributed by atoms with E-state index >= 15 is 0 Å². The van der Waals surface area contributed by atoms with Crippen molar-refractivity contribution in [1.82, 2.24) is 5.32 Å². The lowest BCUT2D eigenvalue weighted by Gasteiger charge is -2.26. The second kappa shape index (κ2) is 10.5. The maximum atomic E-state index is 13.6. The predicted molar refractivity (Wildman–Crippen MR) is 131 cm³/mol. The fourth-order valence-corrected chi connectivity index (χ4v) is 4.87. The van der Waals surface area contributed by atoms with Crippen molar-refractivity contribution in [3.8, 4) is 5.75 Å². The molecule has 1 N–H and O–H groups in total. The lowest BCUT2D eigenvalue weighted by Crippen LogP contribution is -2.41. The van der Waals surface area contributed by atoms with E-state index in [0.717, 1.165) is 21.0 Å². The van der Waals surface area contributed by atoms with Crippen LogP contribution in [0.1, 0.15) is 36.6 Å². The molecule has 6 nitrogen and oxygen atoms in total. The van der Waals surface area contributed by atoms with Crippen molar-refractivity contribution in [2.45, 2.75) is 38.6 Å². The molecule has 0 aliphatic heterocycles. The molecule has 0 spiro atoms. The van der Waals surface area contributed by atoms with Crippen LogP contribution in [0.25, 0.3) is 0 Å². The first-order valence-electron chi connectivity index (χ1n) is 10.9. The minimum Gasteiger partial charge on any atom is -0.492 e. The number of rotatable bonds is 9. The van der Waals surface area contributed by atoms with Crippen LogP contribution in [0.3, 0.4) is 0 Å². The Kier molecular flexibility index (Phi) is 7.76. The number of aryl methyl sites for hydroxylation is 2. The SMILES string of the molecule is CCOc1ccccc1N(CC(=O)N[C@@H](C)c1ccc(C)cc1)S(=O)(=O)c1ccc(C)cc1. The highest BCUT2D eigenvalue weighted by molar-refractivity contribution is 7.92. The zero-order valence-electron chi connectivity index (χ0n) is 19.4. The van der Waals surface area contributed by atoms with Crippen LogP contribution in [-0.2, 0) is 14.8 Å². The molecule has 0 aromatic heterocycles. The van der Waals surface area contributed by atoms with Gasteiger partial charge >= 0.3 is 0 Å². The molecule has 3 aromatic rings. The zero-order chi connectivity index (χ0) is 24.0. The fraction of sp³-hybridized carbons (Fsp3) is 0.269. The number of nitrogens with one attached hydrogen (secondary N) is 1. The molecule has 0 saturated heterocycles. The monoisotopic (exact) mass is 466 g/mol. The van der Waals surface area contributed by atoms with Gasteiger partial charge in [0.2, 0.25) is 5.91 Å². The smallest absolute Gasteiger partial charge is 0.264 e. The molecule has 3 aromatic carbocycles. The Hall–Kier alpha value is -3.32. The first-order chi connectivity index (χ1) is 15.7. The highest BCUT2D eigenvalue weighted by Gasteiger charge is 2.29. The third-order valence-corrected chi connectivity index (χ3v) is 7.06. The minimum atomic E-state index is -4.02. The molecule has 0 heterocycles. The van der Waals surface area contributed by atoms with Gasteiger partial charge in [0.1, 0.15) is 12.3 Å². The van der Waals surface area contributed by atoms with Crippen LogP contribution in [0.4, 0.5) is 5.69 Å². The van der Waals surface area contributed by atoms with Gasteiger partial charge in [0.05, 0.1) is 23.2 Å². The van der Waals surface area contributed by atoms with Gasteiger partial charge in [-0.3, -0.25) is 9.10 Å². The molecule has 1 amide bonds. The van der Waals surface area contributed by atoms with Crippen molar-refractivity contribution in [2.24, 2.45) is 0 Å². The summed E-state index contributed by atoms with van der Waals surface area (Å²) in [7, 11) is -4.02. The van der Waals surface area contributed by atoms with Gasteiger partial charge in [-0.25, -0.2) is 8.42 Å². The molecular weight excluding hydrogens is 436 g/mol. The summed E-state index contributed by atoms with van der Waals surface area (Å²) < 4.78 is 34.0. The maximum absolute atomic E-state index is 13.6. The number of sulfonamides is 1. The summed E-state index contributed by atoms with van der Waals surface area (Å²) in [6.07, 6.45) is 0. The fourth-order valence-electron chi connectivity index (χ4n) is 3.43. The molecule has 0 aliphatic carbocycles. The number of carbonyl (C=O) groups is 1. The molecule has 0 aliphatic rings. The van der Waals surface area contributed by atoms with Gasteiger partial charge in [-0.15, -0.1) is 0 Å². The quantitative estimate of drug-likeness (QED) is 0.493. The van der Waals surface area contributed by atoms with Crippen molar-refractivity contribution in [3.05, 3.63) is 89.5 Å². The number of para-hydroxylation sites is 2. The van der Waals surface area contributed by atoms with E-state index in [-0.39, 0.29) is 17.5 Å². The number of benzene rings is 3. The Morgan fingerprint density at radius 2 is 1.52 bits per heavy atom. The number of ether oxygens (including phenoxy) is 1.